The van der Waals surface area contributed by atoms with Crippen molar-refractivity contribution in [1.29, 1.82) is 0 Å². The molecule has 0 nitrogen and oxygen atoms in total. The molecule has 7 aromatic carbocycles. The monoisotopic (exact) mass is 562 g/mol. The molecule has 0 saturated carbocycles. The summed E-state index contributed by atoms with van der Waals surface area (Å²) in [6, 6.07) is 45.6. The lowest BCUT2D eigenvalue weighted by atomic mass is 9.76. The third-order valence-corrected chi connectivity index (χ3v) is 10.4. The maximum Gasteiger partial charge on any atom is 0.0159 e. The lowest BCUT2D eigenvalue weighted by Crippen LogP contribution is -2.15. The Morgan fingerprint density at radius 2 is 1.18 bits per heavy atom. The van der Waals surface area contributed by atoms with Crippen LogP contribution in [0.4, 0.5) is 0 Å². The van der Waals surface area contributed by atoms with Crippen LogP contribution in [0.25, 0.3) is 71.8 Å². The Kier molecular flexibility index (Phi) is 5.39. The molecule has 0 aliphatic heterocycles. The van der Waals surface area contributed by atoms with Crippen LogP contribution in [0.15, 0.2) is 127 Å². The maximum absolute atomic E-state index is 2.51. The van der Waals surface area contributed by atoms with E-state index in [2.05, 4.69) is 154 Å². The number of benzene rings is 7. The van der Waals surface area contributed by atoms with Gasteiger partial charge in [0.25, 0.3) is 0 Å². The van der Waals surface area contributed by atoms with Gasteiger partial charge in [0.2, 0.25) is 0 Å². The Labute approximate surface area is 259 Å². The van der Waals surface area contributed by atoms with Crippen LogP contribution in [-0.2, 0) is 11.8 Å². The SMILES string of the molecule is CC1C=Cc2c(c(-c3ccc4c(c3)C(C)(C)c3ccccc3-4)c3ccccc3c2-c2cc3ccccc3c3ccccc23)C1. The summed E-state index contributed by atoms with van der Waals surface area (Å²) in [5, 5.41) is 7.90. The number of hydrogen-bond donors (Lipinski definition) is 0. The van der Waals surface area contributed by atoms with Gasteiger partial charge >= 0.3 is 0 Å². The Bertz CT molecular complexity index is 2350. The van der Waals surface area contributed by atoms with Crippen LogP contribution < -0.4 is 0 Å². The minimum Gasteiger partial charge on any atom is -0.0807 e. The smallest absolute Gasteiger partial charge is 0.0159 e. The molecule has 7 aromatic rings. The van der Waals surface area contributed by atoms with E-state index in [1.807, 2.05) is 0 Å². The molecule has 2 aliphatic carbocycles. The van der Waals surface area contributed by atoms with Crippen LogP contribution in [-0.4, -0.2) is 0 Å². The molecule has 210 valence electrons. The van der Waals surface area contributed by atoms with E-state index < -0.39 is 0 Å². The van der Waals surface area contributed by atoms with Gasteiger partial charge in [-0.2, -0.15) is 0 Å². The predicted molar refractivity (Wildman–Crippen MR) is 189 cm³/mol. The van der Waals surface area contributed by atoms with Crippen molar-refractivity contribution < 1.29 is 0 Å². The van der Waals surface area contributed by atoms with Crippen LogP contribution in [0.1, 0.15) is 43.0 Å². The molecular weight excluding hydrogens is 528 g/mol. The predicted octanol–water partition coefficient (Wildman–Crippen LogP) is 12.0. The normalized spacial score (nSPS) is 16.3. The summed E-state index contributed by atoms with van der Waals surface area (Å²) < 4.78 is 0. The highest BCUT2D eigenvalue weighted by atomic mass is 14.4. The van der Waals surface area contributed by atoms with Crippen molar-refractivity contribution in [2.24, 2.45) is 5.92 Å². The van der Waals surface area contributed by atoms with E-state index >= 15 is 0 Å². The van der Waals surface area contributed by atoms with Gasteiger partial charge in [-0.25, -0.2) is 0 Å². The molecular formula is C44H34. The highest BCUT2D eigenvalue weighted by Crippen LogP contribution is 2.52. The molecule has 2 aliphatic rings. The Morgan fingerprint density at radius 3 is 2.00 bits per heavy atom. The average Bonchev–Trinajstić information content (AvgIpc) is 3.29. The Hall–Kier alpha value is -4.94. The summed E-state index contributed by atoms with van der Waals surface area (Å²) in [6.07, 6.45) is 5.87. The molecule has 0 spiro atoms. The second-order valence-electron chi connectivity index (χ2n) is 13.4. The molecule has 0 amide bonds. The van der Waals surface area contributed by atoms with E-state index in [1.54, 1.807) is 0 Å². The van der Waals surface area contributed by atoms with Crippen molar-refractivity contribution in [3.63, 3.8) is 0 Å². The van der Waals surface area contributed by atoms with Gasteiger partial charge in [-0.1, -0.05) is 142 Å². The highest BCUT2D eigenvalue weighted by molar-refractivity contribution is 6.19. The van der Waals surface area contributed by atoms with Crippen molar-refractivity contribution in [2.45, 2.75) is 32.6 Å². The minimum absolute atomic E-state index is 0.0328. The Balaban J connectivity index is 1.38. The zero-order valence-electron chi connectivity index (χ0n) is 25.5. The summed E-state index contributed by atoms with van der Waals surface area (Å²) >= 11 is 0. The number of allylic oxidation sites excluding steroid dienone is 1. The molecule has 1 atom stereocenters. The molecule has 0 saturated heterocycles. The van der Waals surface area contributed by atoms with Crippen LogP contribution in [0.5, 0.6) is 0 Å². The van der Waals surface area contributed by atoms with E-state index in [4.69, 9.17) is 0 Å². The Morgan fingerprint density at radius 1 is 0.545 bits per heavy atom. The highest BCUT2D eigenvalue weighted by Gasteiger charge is 2.35. The topological polar surface area (TPSA) is 0 Å². The van der Waals surface area contributed by atoms with E-state index in [-0.39, 0.29) is 5.41 Å². The third-order valence-electron chi connectivity index (χ3n) is 10.4. The van der Waals surface area contributed by atoms with E-state index in [1.165, 1.54) is 88.0 Å². The molecule has 0 N–H and O–H groups in total. The van der Waals surface area contributed by atoms with E-state index in [0.717, 1.165) is 6.42 Å². The fourth-order valence-corrected chi connectivity index (χ4v) is 8.30. The minimum atomic E-state index is -0.0328. The van der Waals surface area contributed by atoms with E-state index in [0.29, 0.717) is 5.92 Å². The zero-order chi connectivity index (χ0) is 29.6. The van der Waals surface area contributed by atoms with Crippen molar-refractivity contribution in [2.75, 3.05) is 0 Å². The first-order chi connectivity index (χ1) is 21.5. The first-order valence-corrected chi connectivity index (χ1v) is 15.9. The standard InChI is InChI=1S/C44H34/c1-27-20-22-37-38(24-27)42(29-21-23-34-33-16-10-11-19-40(33)44(2,3)41(34)26-29)35-17-8-9-18-36(35)43(37)39-25-28-12-4-5-13-30(28)31-14-6-7-15-32(31)39/h4-23,25-27H,24H2,1-3H3. The van der Waals surface area contributed by atoms with Gasteiger partial charge in [-0.15, -0.1) is 0 Å². The number of fused-ring (bicyclic) bond motifs is 8. The van der Waals surface area contributed by atoms with Gasteiger partial charge in [0.05, 0.1) is 0 Å². The van der Waals surface area contributed by atoms with Crippen molar-refractivity contribution >= 4 is 38.4 Å². The zero-order valence-corrected chi connectivity index (χ0v) is 25.5. The lowest BCUT2D eigenvalue weighted by molar-refractivity contribution is 0.660. The molecule has 9 rings (SSSR count). The molecule has 0 fully saturated rings. The van der Waals surface area contributed by atoms with Crippen LogP contribution in [0, 0.1) is 5.92 Å². The fraction of sp³-hybridized carbons (Fsp3) is 0.136. The molecule has 0 aromatic heterocycles. The summed E-state index contributed by atoms with van der Waals surface area (Å²) in [5.41, 5.74) is 13.8. The van der Waals surface area contributed by atoms with Crippen molar-refractivity contribution in [1.82, 2.24) is 0 Å². The third kappa shape index (κ3) is 3.52. The molecule has 0 radical (unpaired) electrons. The largest absolute Gasteiger partial charge is 0.0807 e. The van der Waals surface area contributed by atoms with E-state index in [9.17, 15) is 0 Å². The summed E-state index contributed by atoms with van der Waals surface area (Å²) in [5.74, 6) is 0.485. The van der Waals surface area contributed by atoms with Gasteiger partial charge in [-0.3, -0.25) is 0 Å². The van der Waals surface area contributed by atoms with Gasteiger partial charge < -0.3 is 0 Å². The molecule has 44 heavy (non-hydrogen) atoms. The van der Waals surface area contributed by atoms with Crippen LogP contribution in [0.3, 0.4) is 0 Å². The summed E-state index contributed by atoms with van der Waals surface area (Å²) in [7, 11) is 0. The first-order valence-electron chi connectivity index (χ1n) is 15.9. The molecule has 0 heteroatoms. The van der Waals surface area contributed by atoms with Gasteiger partial charge in [0.1, 0.15) is 0 Å². The average molecular weight is 563 g/mol. The van der Waals surface area contributed by atoms with Crippen molar-refractivity contribution in [3.8, 4) is 33.4 Å². The summed E-state index contributed by atoms with van der Waals surface area (Å²) in [6.45, 7) is 7.12. The van der Waals surface area contributed by atoms with Gasteiger partial charge in [0, 0.05) is 5.41 Å². The second-order valence-corrected chi connectivity index (χ2v) is 13.4. The van der Waals surface area contributed by atoms with Gasteiger partial charge in [-0.05, 0) is 112 Å². The fourth-order valence-electron chi connectivity index (χ4n) is 8.30. The summed E-state index contributed by atoms with van der Waals surface area (Å²) in [4.78, 5) is 0. The quantitative estimate of drug-likeness (QED) is 0.184. The molecule has 0 bridgehead atoms. The molecule has 0 heterocycles. The van der Waals surface area contributed by atoms with Gasteiger partial charge in [0.15, 0.2) is 0 Å². The number of rotatable bonds is 2. The lowest BCUT2D eigenvalue weighted by Gasteiger charge is -2.27. The first kappa shape index (κ1) is 25.5. The maximum atomic E-state index is 2.51. The second kappa shape index (κ2) is 9.28. The number of hydrogen-bond acceptors (Lipinski definition) is 0. The van der Waals surface area contributed by atoms with Crippen molar-refractivity contribution in [3.05, 3.63) is 150 Å². The van der Waals surface area contributed by atoms with Crippen LogP contribution in [0.2, 0.25) is 0 Å². The van der Waals surface area contributed by atoms with Crippen LogP contribution >= 0.6 is 0 Å². The molecule has 1 unspecified atom stereocenters.